The quantitative estimate of drug-likeness (QED) is 0.540. The second kappa shape index (κ2) is 7.67. The summed E-state index contributed by atoms with van der Waals surface area (Å²) in [7, 11) is 1.65. The molecule has 1 atom stereocenters. The lowest BCUT2D eigenvalue weighted by Crippen LogP contribution is -2.12. The molecule has 0 bridgehead atoms. The molecule has 1 aromatic carbocycles. The van der Waals surface area contributed by atoms with Crippen LogP contribution in [0, 0.1) is 13.8 Å². The van der Waals surface area contributed by atoms with Crippen molar-refractivity contribution in [1.29, 1.82) is 0 Å². The predicted molar refractivity (Wildman–Crippen MR) is 113 cm³/mol. The number of methoxy groups -OCH3 is 1. The Morgan fingerprint density at radius 2 is 2.03 bits per heavy atom. The first-order valence-electron chi connectivity index (χ1n) is 9.72. The lowest BCUT2D eigenvalue weighted by atomic mass is 10.1. The van der Waals surface area contributed by atoms with E-state index in [9.17, 15) is 5.11 Å². The Bertz CT molecular complexity index is 1140. The second-order valence-corrected chi connectivity index (χ2v) is 7.13. The van der Waals surface area contributed by atoms with E-state index >= 15 is 0 Å². The van der Waals surface area contributed by atoms with Gasteiger partial charge >= 0.3 is 0 Å². The van der Waals surface area contributed by atoms with Gasteiger partial charge in [0, 0.05) is 30.2 Å². The van der Waals surface area contributed by atoms with Crippen LogP contribution < -0.4 is 4.74 Å². The summed E-state index contributed by atoms with van der Waals surface area (Å²) in [5, 5.41) is 14.0. The first-order chi connectivity index (χ1) is 14.1. The van der Waals surface area contributed by atoms with E-state index in [-0.39, 0.29) is 12.6 Å². The van der Waals surface area contributed by atoms with Crippen LogP contribution in [0.4, 0.5) is 0 Å². The number of benzene rings is 1. The SMILES string of the molecule is CC[C@@H](CO)n1cc(C)c2nc(-c3ccc(-n4cccn4)cc3OC)c(C)nc21. The van der Waals surface area contributed by atoms with Gasteiger partial charge in [-0.25, -0.2) is 14.6 Å². The summed E-state index contributed by atoms with van der Waals surface area (Å²) in [5.41, 5.74) is 6.09. The highest BCUT2D eigenvalue weighted by Gasteiger charge is 2.19. The third-order valence-electron chi connectivity index (χ3n) is 5.29. The third kappa shape index (κ3) is 3.27. The van der Waals surface area contributed by atoms with Crippen molar-refractivity contribution in [1.82, 2.24) is 24.3 Å². The van der Waals surface area contributed by atoms with Gasteiger partial charge in [-0.1, -0.05) is 6.92 Å². The van der Waals surface area contributed by atoms with E-state index in [0.717, 1.165) is 45.8 Å². The third-order valence-corrected chi connectivity index (χ3v) is 5.29. The normalized spacial score (nSPS) is 12.4. The van der Waals surface area contributed by atoms with Gasteiger partial charge in [-0.2, -0.15) is 5.10 Å². The topological polar surface area (TPSA) is 78.0 Å². The first-order valence-corrected chi connectivity index (χ1v) is 9.72. The van der Waals surface area contributed by atoms with Crippen molar-refractivity contribution in [3.8, 4) is 22.7 Å². The molecule has 7 nitrogen and oxygen atoms in total. The molecule has 1 N–H and O–H groups in total. The number of hydrogen-bond donors (Lipinski definition) is 1. The molecular formula is C22H25N5O2. The standard InChI is InChI=1S/C22H25N5O2/c1-5-16(13-28)26-12-14(2)20-22(26)24-15(3)21(25-20)18-8-7-17(11-19(18)29-4)27-10-6-9-23-27/h6-12,16,28H,5,13H2,1-4H3/t16-/m0/s1. The predicted octanol–water partition coefficient (Wildman–Crippen LogP) is 3.85. The Morgan fingerprint density at radius 3 is 2.69 bits per heavy atom. The minimum Gasteiger partial charge on any atom is -0.496 e. The molecule has 0 aliphatic carbocycles. The lowest BCUT2D eigenvalue weighted by Gasteiger charge is -2.16. The maximum atomic E-state index is 9.73. The van der Waals surface area contributed by atoms with E-state index in [1.54, 1.807) is 18.0 Å². The zero-order chi connectivity index (χ0) is 20.5. The van der Waals surface area contributed by atoms with Crippen molar-refractivity contribution in [2.75, 3.05) is 13.7 Å². The molecule has 150 valence electrons. The Labute approximate surface area is 169 Å². The van der Waals surface area contributed by atoms with Crippen LogP contribution in [0.1, 0.15) is 30.6 Å². The highest BCUT2D eigenvalue weighted by atomic mass is 16.5. The molecule has 7 heteroatoms. The number of aromatic nitrogens is 5. The molecule has 0 unspecified atom stereocenters. The van der Waals surface area contributed by atoms with E-state index in [0.29, 0.717) is 5.75 Å². The zero-order valence-electron chi connectivity index (χ0n) is 17.1. The van der Waals surface area contributed by atoms with Crippen LogP contribution in [0.15, 0.2) is 42.9 Å². The smallest absolute Gasteiger partial charge is 0.159 e. The maximum absolute atomic E-state index is 9.73. The van der Waals surface area contributed by atoms with Crippen LogP contribution in [-0.4, -0.2) is 43.1 Å². The first kappa shape index (κ1) is 19.1. The number of aryl methyl sites for hydroxylation is 2. The summed E-state index contributed by atoms with van der Waals surface area (Å²) in [6.45, 7) is 6.11. The fraction of sp³-hybridized carbons (Fsp3) is 0.318. The molecule has 4 rings (SSSR count). The molecule has 0 saturated carbocycles. The Hall–Kier alpha value is -3.19. The molecule has 0 spiro atoms. The second-order valence-electron chi connectivity index (χ2n) is 7.13. The van der Waals surface area contributed by atoms with Gasteiger partial charge < -0.3 is 14.4 Å². The van der Waals surface area contributed by atoms with Crippen LogP contribution >= 0.6 is 0 Å². The summed E-state index contributed by atoms with van der Waals surface area (Å²) in [5.74, 6) is 0.716. The molecule has 3 heterocycles. The van der Waals surface area contributed by atoms with Crippen molar-refractivity contribution in [2.24, 2.45) is 0 Å². The molecule has 0 amide bonds. The molecule has 0 saturated heterocycles. The van der Waals surface area contributed by atoms with Gasteiger partial charge in [0.05, 0.1) is 36.8 Å². The number of ether oxygens (including phenoxy) is 1. The largest absolute Gasteiger partial charge is 0.496 e. The van der Waals surface area contributed by atoms with Gasteiger partial charge in [0.2, 0.25) is 0 Å². The highest BCUT2D eigenvalue weighted by molar-refractivity contribution is 5.81. The van der Waals surface area contributed by atoms with Gasteiger partial charge in [0.25, 0.3) is 0 Å². The molecule has 0 aliphatic rings. The number of rotatable bonds is 6. The maximum Gasteiger partial charge on any atom is 0.159 e. The van der Waals surface area contributed by atoms with Crippen LogP contribution in [0.5, 0.6) is 5.75 Å². The number of aliphatic hydroxyl groups excluding tert-OH is 1. The van der Waals surface area contributed by atoms with E-state index in [1.165, 1.54) is 0 Å². The summed E-state index contributed by atoms with van der Waals surface area (Å²) >= 11 is 0. The van der Waals surface area contributed by atoms with Gasteiger partial charge in [-0.15, -0.1) is 0 Å². The van der Waals surface area contributed by atoms with Crippen LogP contribution in [0.25, 0.3) is 28.1 Å². The molecule has 29 heavy (non-hydrogen) atoms. The molecule has 4 aromatic rings. The van der Waals surface area contributed by atoms with Gasteiger partial charge in [0.15, 0.2) is 5.65 Å². The van der Waals surface area contributed by atoms with Crippen LogP contribution in [-0.2, 0) is 0 Å². The van der Waals surface area contributed by atoms with Crippen molar-refractivity contribution >= 4 is 11.2 Å². The molecule has 0 fully saturated rings. The molecule has 0 aliphatic heterocycles. The van der Waals surface area contributed by atoms with Crippen LogP contribution in [0.2, 0.25) is 0 Å². The van der Waals surface area contributed by atoms with Crippen LogP contribution in [0.3, 0.4) is 0 Å². The van der Waals surface area contributed by atoms with Crippen molar-refractivity contribution in [2.45, 2.75) is 33.2 Å². The highest BCUT2D eigenvalue weighted by Crippen LogP contribution is 2.34. The summed E-state index contributed by atoms with van der Waals surface area (Å²) < 4.78 is 9.49. The monoisotopic (exact) mass is 391 g/mol. The van der Waals surface area contributed by atoms with Gasteiger partial charge in [-0.05, 0) is 44.0 Å². The minimum absolute atomic E-state index is 0.00589. The Morgan fingerprint density at radius 1 is 1.21 bits per heavy atom. The summed E-state index contributed by atoms with van der Waals surface area (Å²) in [6.07, 6.45) is 6.48. The van der Waals surface area contributed by atoms with Gasteiger partial charge in [0.1, 0.15) is 11.3 Å². The minimum atomic E-state index is -0.00589. The average molecular weight is 391 g/mol. The van der Waals surface area contributed by atoms with E-state index < -0.39 is 0 Å². The van der Waals surface area contributed by atoms with Gasteiger partial charge in [-0.3, -0.25) is 0 Å². The molecule has 0 radical (unpaired) electrons. The number of aliphatic hydroxyl groups is 1. The van der Waals surface area contributed by atoms with Crippen molar-refractivity contribution in [3.05, 3.63) is 54.1 Å². The number of hydrogen-bond acceptors (Lipinski definition) is 5. The van der Waals surface area contributed by atoms with E-state index in [1.807, 2.05) is 55.1 Å². The summed E-state index contributed by atoms with van der Waals surface area (Å²) in [6, 6.07) is 7.81. The van der Waals surface area contributed by atoms with E-state index in [4.69, 9.17) is 14.7 Å². The Kier molecular flexibility index (Phi) is 5.07. The number of nitrogens with zero attached hydrogens (tertiary/aromatic N) is 5. The van der Waals surface area contributed by atoms with Crippen molar-refractivity contribution in [3.63, 3.8) is 0 Å². The van der Waals surface area contributed by atoms with Crippen molar-refractivity contribution < 1.29 is 9.84 Å². The summed E-state index contributed by atoms with van der Waals surface area (Å²) in [4.78, 5) is 9.80. The fourth-order valence-electron chi connectivity index (χ4n) is 3.67. The zero-order valence-corrected chi connectivity index (χ0v) is 17.1. The molecular weight excluding hydrogens is 366 g/mol. The Balaban J connectivity index is 1.86. The average Bonchev–Trinajstić information content (AvgIpc) is 3.37. The fourth-order valence-corrected chi connectivity index (χ4v) is 3.67. The number of fused-ring (bicyclic) bond motifs is 1. The molecule has 3 aromatic heterocycles. The van der Waals surface area contributed by atoms with E-state index in [2.05, 4.69) is 12.0 Å². The lowest BCUT2D eigenvalue weighted by molar-refractivity contribution is 0.227.